The van der Waals surface area contributed by atoms with Gasteiger partial charge in [-0.25, -0.2) is 4.79 Å². The van der Waals surface area contributed by atoms with Crippen LogP contribution >= 0.6 is 23.2 Å². The second-order valence-corrected chi connectivity index (χ2v) is 7.19. The van der Waals surface area contributed by atoms with E-state index in [-0.39, 0.29) is 6.54 Å². The average Bonchev–Trinajstić information content (AvgIpc) is 3.03. The van der Waals surface area contributed by atoms with E-state index in [4.69, 9.17) is 23.2 Å². The summed E-state index contributed by atoms with van der Waals surface area (Å²) in [7, 11) is 3.04. The van der Waals surface area contributed by atoms with Gasteiger partial charge in [-0.05, 0) is 18.7 Å². The van der Waals surface area contributed by atoms with Gasteiger partial charge in [-0.15, -0.1) is 0 Å². The van der Waals surface area contributed by atoms with E-state index in [2.05, 4.69) is 15.6 Å². The first kappa shape index (κ1) is 20.4. The van der Waals surface area contributed by atoms with Crippen LogP contribution in [0, 0.1) is 0 Å². The van der Waals surface area contributed by atoms with Crippen molar-refractivity contribution >= 4 is 40.3 Å². The Balaban J connectivity index is 2.19. The molecular weight excluding hydrogens is 403 g/mol. The van der Waals surface area contributed by atoms with Crippen LogP contribution in [0.25, 0.3) is 11.2 Å². The average molecular weight is 425 g/mol. The van der Waals surface area contributed by atoms with Crippen molar-refractivity contribution in [1.29, 1.82) is 0 Å². The van der Waals surface area contributed by atoms with E-state index in [1.165, 1.54) is 11.6 Å². The maximum Gasteiger partial charge on any atom is 0.332 e. The van der Waals surface area contributed by atoms with Crippen molar-refractivity contribution < 1.29 is 0 Å². The summed E-state index contributed by atoms with van der Waals surface area (Å²) in [6, 6.07) is 5.25. The second kappa shape index (κ2) is 8.38. The van der Waals surface area contributed by atoms with Crippen molar-refractivity contribution in [1.82, 2.24) is 24.0 Å². The highest BCUT2D eigenvalue weighted by molar-refractivity contribution is 6.36. The molecule has 10 heteroatoms. The first-order chi connectivity index (χ1) is 13.4. The molecule has 3 aromatic rings. The standard InChI is InChI=1S/C18H22Cl2N6O2/c1-4-21-8-9-22-17-23-15-14(16(27)25(3)18(28)24(15)2)26(17)10-11-12(19)6-5-7-13(11)20/h5-7,21H,4,8-10H2,1-3H3,(H,22,23). The van der Waals surface area contributed by atoms with Gasteiger partial charge in [0.1, 0.15) is 0 Å². The maximum atomic E-state index is 12.9. The summed E-state index contributed by atoms with van der Waals surface area (Å²) in [4.78, 5) is 29.7. The fourth-order valence-corrected chi connectivity index (χ4v) is 3.53. The summed E-state index contributed by atoms with van der Waals surface area (Å²) >= 11 is 12.7. The first-order valence-corrected chi connectivity index (χ1v) is 9.66. The second-order valence-electron chi connectivity index (χ2n) is 6.38. The molecule has 0 amide bonds. The van der Waals surface area contributed by atoms with Crippen LogP contribution in [-0.4, -0.2) is 38.3 Å². The molecule has 8 nitrogen and oxygen atoms in total. The number of anilines is 1. The Morgan fingerprint density at radius 3 is 2.39 bits per heavy atom. The van der Waals surface area contributed by atoms with E-state index in [0.29, 0.717) is 39.3 Å². The minimum absolute atomic E-state index is 0.242. The highest BCUT2D eigenvalue weighted by Crippen LogP contribution is 2.27. The van der Waals surface area contributed by atoms with Gasteiger partial charge in [0.05, 0.1) is 6.54 Å². The van der Waals surface area contributed by atoms with E-state index in [1.54, 1.807) is 29.8 Å². The lowest BCUT2D eigenvalue weighted by molar-refractivity contribution is 0.702. The predicted molar refractivity (Wildman–Crippen MR) is 113 cm³/mol. The molecule has 0 spiro atoms. The molecule has 0 atom stereocenters. The number of hydrogen-bond acceptors (Lipinski definition) is 5. The van der Waals surface area contributed by atoms with Crippen molar-refractivity contribution in [3.8, 4) is 0 Å². The van der Waals surface area contributed by atoms with Crippen LogP contribution in [0.15, 0.2) is 27.8 Å². The Hall–Kier alpha value is -2.29. The minimum atomic E-state index is -0.433. The molecule has 150 valence electrons. The van der Waals surface area contributed by atoms with Crippen LogP contribution in [0.2, 0.25) is 10.0 Å². The summed E-state index contributed by atoms with van der Waals surface area (Å²) in [6.07, 6.45) is 0. The quantitative estimate of drug-likeness (QED) is 0.564. The molecule has 0 fully saturated rings. The van der Waals surface area contributed by atoms with Crippen molar-refractivity contribution in [3.05, 3.63) is 54.6 Å². The molecule has 2 N–H and O–H groups in total. The van der Waals surface area contributed by atoms with Crippen LogP contribution in [0.5, 0.6) is 0 Å². The van der Waals surface area contributed by atoms with Gasteiger partial charge < -0.3 is 10.6 Å². The van der Waals surface area contributed by atoms with Crippen LogP contribution in [-0.2, 0) is 20.6 Å². The topological polar surface area (TPSA) is 85.9 Å². The zero-order chi connectivity index (χ0) is 20.4. The molecule has 3 rings (SSSR count). The van der Waals surface area contributed by atoms with E-state index in [0.717, 1.165) is 17.7 Å². The fraction of sp³-hybridized carbons (Fsp3) is 0.389. The highest BCUT2D eigenvalue weighted by Gasteiger charge is 2.20. The normalized spacial score (nSPS) is 11.3. The van der Waals surface area contributed by atoms with E-state index >= 15 is 0 Å². The summed E-state index contributed by atoms with van der Waals surface area (Å²) in [5.74, 6) is 0.474. The third kappa shape index (κ3) is 3.67. The third-order valence-corrected chi connectivity index (χ3v) is 5.27. The Labute approximate surface area is 171 Å². The molecule has 2 heterocycles. The summed E-state index contributed by atoms with van der Waals surface area (Å²) in [5, 5.41) is 7.44. The number of imidazole rings is 1. The number of nitrogens with zero attached hydrogens (tertiary/aromatic N) is 4. The van der Waals surface area contributed by atoms with Gasteiger partial charge in [0.25, 0.3) is 5.56 Å². The largest absolute Gasteiger partial charge is 0.354 e. The third-order valence-electron chi connectivity index (χ3n) is 4.56. The first-order valence-electron chi connectivity index (χ1n) is 8.90. The molecule has 0 bridgehead atoms. The van der Waals surface area contributed by atoms with Crippen molar-refractivity contribution in [2.45, 2.75) is 13.5 Å². The summed E-state index contributed by atoms with van der Waals surface area (Å²) in [5.41, 5.74) is 0.440. The van der Waals surface area contributed by atoms with Gasteiger partial charge in [-0.1, -0.05) is 36.2 Å². The van der Waals surface area contributed by atoms with Gasteiger partial charge in [-0.2, -0.15) is 4.98 Å². The summed E-state index contributed by atoms with van der Waals surface area (Å²) in [6.45, 7) is 4.44. The number of hydrogen-bond donors (Lipinski definition) is 2. The number of benzene rings is 1. The number of halogens is 2. The lowest BCUT2D eigenvalue weighted by Gasteiger charge is -2.13. The number of aryl methyl sites for hydroxylation is 1. The van der Waals surface area contributed by atoms with Gasteiger partial charge in [-0.3, -0.25) is 18.5 Å². The number of fused-ring (bicyclic) bond motifs is 1. The van der Waals surface area contributed by atoms with Crippen molar-refractivity contribution in [2.75, 3.05) is 25.0 Å². The van der Waals surface area contributed by atoms with Gasteiger partial charge in [0, 0.05) is 42.8 Å². The highest BCUT2D eigenvalue weighted by atomic mass is 35.5. The Morgan fingerprint density at radius 2 is 1.75 bits per heavy atom. The number of nitrogens with one attached hydrogen (secondary N) is 2. The maximum absolute atomic E-state index is 12.9. The van der Waals surface area contributed by atoms with Gasteiger partial charge >= 0.3 is 5.69 Å². The monoisotopic (exact) mass is 424 g/mol. The van der Waals surface area contributed by atoms with Crippen LogP contribution in [0.1, 0.15) is 12.5 Å². The molecule has 0 unspecified atom stereocenters. The lowest BCUT2D eigenvalue weighted by Crippen LogP contribution is -2.37. The van der Waals surface area contributed by atoms with E-state index in [9.17, 15) is 9.59 Å². The summed E-state index contributed by atoms with van der Waals surface area (Å²) < 4.78 is 4.14. The van der Waals surface area contributed by atoms with Gasteiger partial charge in [0.2, 0.25) is 5.95 Å². The van der Waals surface area contributed by atoms with E-state index < -0.39 is 11.2 Å². The molecule has 0 aliphatic carbocycles. The molecule has 0 aliphatic rings. The zero-order valence-corrected chi connectivity index (χ0v) is 17.4. The molecule has 2 aromatic heterocycles. The number of aromatic nitrogens is 4. The molecule has 0 radical (unpaired) electrons. The molecule has 0 aliphatic heterocycles. The molecule has 28 heavy (non-hydrogen) atoms. The van der Waals surface area contributed by atoms with Crippen LogP contribution < -0.4 is 21.9 Å². The molecule has 0 saturated heterocycles. The van der Waals surface area contributed by atoms with Crippen LogP contribution in [0.3, 0.4) is 0 Å². The lowest BCUT2D eigenvalue weighted by atomic mass is 10.2. The minimum Gasteiger partial charge on any atom is -0.354 e. The van der Waals surface area contributed by atoms with Crippen molar-refractivity contribution in [3.63, 3.8) is 0 Å². The zero-order valence-electron chi connectivity index (χ0n) is 15.9. The Kier molecular flexibility index (Phi) is 6.12. The van der Waals surface area contributed by atoms with Crippen LogP contribution in [0.4, 0.5) is 5.95 Å². The van der Waals surface area contributed by atoms with E-state index in [1.807, 2.05) is 6.92 Å². The van der Waals surface area contributed by atoms with Crippen molar-refractivity contribution in [2.24, 2.45) is 14.1 Å². The smallest absolute Gasteiger partial charge is 0.332 e. The Morgan fingerprint density at radius 1 is 1.07 bits per heavy atom. The number of rotatable bonds is 7. The molecule has 0 saturated carbocycles. The molecular formula is C18H22Cl2N6O2. The molecule has 1 aromatic carbocycles. The SMILES string of the molecule is CCNCCNc1nc2c(c(=O)n(C)c(=O)n2C)n1Cc1c(Cl)cccc1Cl. The van der Waals surface area contributed by atoms with Gasteiger partial charge in [0.15, 0.2) is 11.2 Å². The Bertz CT molecular complexity index is 1110. The number of likely N-dealkylation sites (N-methyl/N-ethyl adjacent to an activating group) is 1. The fourth-order valence-electron chi connectivity index (χ4n) is 3.02. The predicted octanol–water partition coefficient (Wildman–Crippen LogP) is 1.81.